The molecule has 0 radical (unpaired) electrons. The van der Waals surface area contributed by atoms with Crippen LogP contribution in [0.15, 0.2) is 16.4 Å². The summed E-state index contributed by atoms with van der Waals surface area (Å²) in [6.45, 7) is 1.92. The van der Waals surface area contributed by atoms with Crippen LogP contribution in [0.3, 0.4) is 0 Å². The molecule has 0 bridgehead atoms. The Morgan fingerprint density at radius 2 is 2.45 bits per heavy atom. The lowest BCUT2D eigenvalue weighted by Crippen LogP contribution is -2.06. The second-order valence-electron chi connectivity index (χ2n) is 2.36. The molecule has 0 saturated carbocycles. The molecule has 0 aliphatic carbocycles. The first-order valence-electron chi connectivity index (χ1n) is 3.20. The van der Waals surface area contributed by atoms with E-state index >= 15 is 0 Å². The van der Waals surface area contributed by atoms with Gasteiger partial charge in [0.1, 0.15) is 0 Å². The summed E-state index contributed by atoms with van der Waals surface area (Å²) in [6, 6.07) is 0. The molecule has 1 N–H and O–H groups in total. The second-order valence-corrected chi connectivity index (χ2v) is 3.27. The number of nitrogens with one attached hydrogen (secondary N) is 1. The van der Waals surface area contributed by atoms with Crippen molar-refractivity contribution in [1.82, 2.24) is 10.2 Å². The molecule has 0 spiro atoms. The van der Waals surface area contributed by atoms with Gasteiger partial charge in [0.15, 0.2) is 0 Å². The predicted molar refractivity (Wildman–Crippen MR) is 45.0 cm³/mol. The van der Waals surface area contributed by atoms with E-state index in [4.69, 9.17) is 0 Å². The molecule has 0 aliphatic heterocycles. The maximum atomic E-state index is 11.1. The van der Waals surface area contributed by atoms with Gasteiger partial charge in [-0.1, -0.05) is 0 Å². The van der Waals surface area contributed by atoms with E-state index < -0.39 is 0 Å². The van der Waals surface area contributed by atoms with Gasteiger partial charge >= 0.3 is 0 Å². The van der Waals surface area contributed by atoms with Crippen molar-refractivity contribution >= 4 is 21.4 Å². The highest BCUT2D eigenvalue weighted by Crippen LogP contribution is 2.19. The Kier molecular flexibility index (Phi) is 1.29. The highest BCUT2D eigenvalue weighted by Gasteiger charge is 2.02. The van der Waals surface area contributed by atoms with Crippen LogP contribution in [0.4, 0.5) is 0 Å². The topological polar surface area (TPSA) is 45.8 Å². The Morgan fingerprint density at radius 1 is 1.64 bits per heavy atom. The van der Waals surface area contributed by atoms with Gasteiger partial charge in [0.25, 0.3) is 5.56 Å². The maximum Gasteiger partial charge on any atom is 0.273 e. The standard InChI is InChI=1S/C7H6N2OS/c1-4-3-11-5-2-8-9-7(10)6(4)5/h2-3H,1H3,(H,9,10). The summed E-state index contributed by atoms with van der Waals surface area (Å²) >= 11 is 1.55. The minimum Gasteiger partial charge on any atom is -0.267 e. The number of hydrogen-bond acceptors (Lipinski definition) is 3. The van der Waals surface area contributed by atoms with Crippen molar-refractivity contribution in [2.45, 2.75) is 6.92 Å². The summed E-state index contributed by atoms with van der Waals surface area (Å²) in [5, 5.41) is 8.83. The smallest absolute Gasteiger partial charge is 0.267 e. The van der Waals surface area contributed by atoms with Gasteiger partial charge in [-0.2, -0.15) is 5.10 Å². The second kappa shape index (κ2) is 2.17. The number of H-pyrrole nitrogens is 1. The summed E-state index contributed by atoms with van der Waals surface area (Å²) in [5.74, 6) is 0. The SMILES string of the molecule is Cc1csc2cn[nH]c(=O)c12. The fraction of sp³-hybridized carbons (Fsp3) is 0.143. The zero-order chi connectivity index (χ0) is 7.84. The van der Waals surface area contributed by atoms with Gasteiger partial charge in [-0.25, -0.2) is 5.10 Å². The maximum absolute atomic E-state index is 11.1. The number of nitrogens with zero attached hydrogens (tertiary/aromatic N) is 1. The van der Waals surface area contributed by atoms with Gasteiger partial charge in [-0.15, -0.1) is 11.3 Å². The minimum absolute atomic E-state index is 0.0961. The molecule has 2 aromatic rings. The Balaban J connectivity index is 3.08. The molecule has 3 nitrogen and oxygen atoms in total. The van der Waals surface area contributed by atoms with E-state index in [-0.39, 0.29) is 5.56 Å². The van der Waals surface area contributed by atoms with Crippen LogP contribution in [0.5, 0.6) is 0 Å². The largest absolute Gasteiger partial charge is 0.273 e. The third-order valence-electron chi connectivity index (χ3n) is 1.58. The highest BCUT2D eigenvalue weighted by molar-refractivity contribution is 7.17. The van der Waals surface area contributed by atoms with Crippen LogP contribution in [0, 0.1) is 6.92 Å². The summed E-state index contributed by atoms with van der Waals surface area (Å²) in [5.41, 5.74) is 0.926. The molecule has 2 heterocycles. The number of aryl methyl sites for hydroxylation is 1. The van der Waals surface area contributed by atoms with Gasteiger partial charge in [-0.05, 0) is 17.9 Å². The van der Waals surface area contributed by atoms with E-state index in [1.807, 2.05) is 12.3 Å². The van der Waals surface area contributed by atoms with E-state index in [1.165, 1.54) is 0 Å². The van der Waals surface area contributed by atoms with Crippen LogP contribution in [-0.4, -0.2) is 10.2 Å². The Morgan fingerprint density at radius 3 is 3.18 bits per heavy atom. The van der Waals surface area contributed by atoms with Gasteiger partial charge in [0.05, 0.1) is 16.3 Å². The van der Waals surface area contributed by atoms with E-state index in [1.54, 1.807) is 17.5 Å². The predicted octanol–water partition coefficient (Wildman–Crippen LogP) is 1.29. The number of aromatic amines is 1. The lowest BCUT2D eigenvalue weighted by molar-refractivity contribution is 1.01. The summed E-state index contributed by atoms with van der Waals surface area (Å²) in [7, 11) is 0. The van der Waals surface area contributed by atoms with Crippen molar-refractivity contribution in [3.05, 3.63) is 27.5 Å². The van der Waals surface area contributed by atoms with E-state index in [0.717, 1.165) is 15.6 Å². The first kappa shape index (κ1) is 6.54. The number of hydrogen-bond donors (Lipinski definition) is 1. The third-order valence-corrected chi connectivity index (χ3v) is 2.61. The van der Waals surface area contributed by atoms with Crippen molar-refractivity contribution in [3.63, 3.8) is 0 Å². The molecule has 11 heavy (non-hydrogen) atoms. The van der Waals surface area contributed by atoms with E-state index in [9.17, 15) is 4.79 Å². The fourth-order valence-corrected chi connectivity index (χ4v) is 1.96. The minimum atomic E-state index is -0.0961. The monoisotopic (exact) mass is 166 g/mol. The van der Waals surface area contributed by atoms with E-state index in [2.05, 4.69) is 10.2 Å². The van der Waals surface area contributed by atoms with E-state index in [0.29, 0.717) is 0 Å². The molecule has 2 rings (SSSR count). The number of rotatable bonds is 0. The zero-order valence-electron chi connectivity index (χ0n) is 5.92. The van der Waals surface area contributed by atoms with Crippen LogP contribution < -0.4 is 5.56 Å². The Labute approximate surface area is 66.7 Å². The van der Waals surface area contributed by atoms with Gasteiger partial charge in [0, 0.05) is 0 Å². The number of fused-ring (bicyclic) bond motifs is 1. The van der Waals surface area contributed by atoms with Gasteiger partial charge in [-0.3, -0.25) is 4.79 Å². The summed E-state index contributed by atoms with van der Waals surface area (Å²) < 4.78 is 0.950. The molecule has 0 unspecified atom stereocenters. The van der Waals surface area contributed by atoms with Crippen molar-refractivity contribution in [2.24, 2.45) is 0 Å². The Hall–Kier alpha value is -1.16. The lowest BCUT2D eigenvalue weighted by Gasteiger charge is -1.86. The van der Waals surface area contributed by atoms with Crippen LogP contribution in [-0.2, 0) is 0 Å². The number of aromatic nitrogens is 2. The molecule has 0 amide bonds. The lowest BCUT2D eigenvalue weighted by atomic mass is 10.2. The fourth-order valence-electron chi connectivity index (χ4n) is 1.06. The van der Waals surface area contributed by atoms with Crippen LogP contribution >= 0.6 is 11.3 Å². The molecule has 0 fully saturated rings. The zero-order valence-corrected chi connectivity index (χ0v) is 6.73. The summed E-state index contributed by atoms with van der Waals surface area (Å²) in [6.07, 6.45) is 1.68. The average Bonchev–Trinajstić information content (AvgIpc) is 2.34. The molecule has 2 aromatic heterocycles. The molecule has 56 valence electrons. The van der Waals surface area contributed by atoms with Crippen molar-refractivity contribution < 1.29 is 0 Å². The van der Waals surface area contributed by atoms with Crippen LogP contribution in [0.2, 0.25) is 0 Å². The quantitative estimate of drug-likeness (QED) is 0.641. The third kappa shape index (κ3) is 0.867. The first-order valence-corrected chi connectivity index (χ1v) is 4.08. The Bertz CT molecular complexity index is 443. The van der Waals surface area contributed by atoms with Crippen LogP contribution in [0.25, 0.3) is 10.1 Å². The normalized spacial score (nSPS) is 10.6. The van der Waals surface area contributed by atoms with Gasteiger partial charge < -0.3 is 0 Å². The average molecular weight is 166 g/mol. The highest BCUT2D eigenvalue weighted by atomic mass is 32.1. The first-order chi connectivity index (χ1) is 5.29. The van der Waals surface area contributed by atoms with Crippen molar-refractivity contribution in [2.75, 3.05) is 0 Å². The molecule has 0 saturated heterocycles. The molecule has 0 aliphatic rings. The van der Waals surface area contributed by atoms with Gasteiger partial charge in [0.2, 0.25) is 0 Å². The van der Waals surface area contributed by atoms with Crippen molar-refractivity contribution in [1.29, 1.82) is 0 Å². The molecule has 0 atom stereocenters. The summed E-state index contributed by atoms with van der Waals surface area (Å²) in [4.78, 5) is 11.1. The molecule has 4 heteroatoms. The molecular weight excluding hydrogens is 160 g/mol. The van der Waals surface area contributed by atoms with Crippen LogP contribution in [0.1, 0.15) is 5.56 Å². The van der Waals surface area contributed by atoms with Crippen molar-refractivity contribution in [3.8, 4) is 0 Å². The number of thiophene rings is 1. The molecular formula is C7H6N2OS. The molecule has 0 aromatic carbocycles.